The molecule has 2 aliphatic rings. The van der Waals surface area contributed by atoms with E-state index in [0.717, 1.165) is 80.2 Å². The van der Waals surface area contributed by atoms with Crippen molar-refractivity contribution in [1.82, 2.24) is 24.3 Å². The number of piperazine rings is 1. The molecule has 9 heteroatoms. The maximum atomic E-state index is 12.2. The van der Waals surface area contributed by atoms with Gasteiger partial charge in [-0.25, -0.2) is 9.78 Å². The van der Waals surface area contributed by atoms with Crippen molar-refractivity contribution in [3.63, 3.8) is 0 Å². The molecule has 1 amide bonds. The summed E-state index contributed by atoms with van der Waals surface area (Å²) in [5.74, 6) is 0.940. The zero-order valence-corrected chi connectivity index (χ0v) is 19.6. The first-order valence-electron chi connectivity index (χ1n) is 12.1. The van der Waals surface area contributed by atoms with E-state index in [4.69, 9.17) is 4.98 Å². The zero-order valence-electron chi connectivity index (χ0n) is 19.6. The van der Waals surface area contributed by atoms with Crippen LogP contribution in [-0.4, -0.2) is 69.0 Å². The average molecular weight is 465 g/mol. The molecule has 4 heterocycles. The predicted molar refractivity (Wildman–Crippen MR) is 132 cm³/mol. The SMILES string of the molecule is C[C@H]1CCc2c(ccc3c2nc(CCn2ccccc2=O)n3CCN2CCNCC2)N1C(=O)O. The van der Waals surface area contributed by atoms with Crippen molar-refractivity contribution in [2.75, 3.05) is 37.6 Å². The number of pyridine rings is 1. The van der Waals surface area contributed by atoms with Crippen molar-refractivity contribution in [3.05, 3.63) is 58.3 Å². The van der Waals surface area contributed by atoms with Crippen molar-refractivity contribution >= 4 is 22.8 Å². The minimum Gasteiger partial charge on any atom is -0.465 e. The number of amides is 1. The Kier molecular flexibility index (Phi) is 6.38. The number of benzene rings is 1. The lowest BCUT2D eigenvalue weighted by Crippen LogP contribution is -2.44. The van der Waals surface area contributed by atoms with Crippen molar-refractivity contribution in [2.24, 2.45) is 0 Å². The molecule has 5 rings (SSSR count). The molecule has 0 bridgehead atoms. The number of hydrogen-bond acceptors (Lipinski definition) is 5. The molecule has 2 aromatic heterocycles. The smallest absolute Gasteiger partial charge is 0.412 e. The molecule has 0 unspecified atom stereocenters. The summed E-state index contributed by atoms with van der Waals surface area (Å²) < 4.78 is 3.98. The standard InChI is InChI=1S/C25H32N6O3/c1-18-5-6-19-20(31(18)25(33)34)7-8-21-24(19)27-22(9-13-29-12-3-2-4-23(29)32)30(21)17-16-28-14-10-26-11-15-28/h2-4,7-8,12,18,26H,5-6,9-11,13-17H2,1H3,(H,33,34)/t18-/m0/s1. The fourth-order valence-corrected chi connectivity index (χ4v) is 5.25. The lowest BCUT2D eigenvalue weighted by atomic mass is 9.96. The molecular weight excluding hydrogens is 432 g/mol. The summed E-state index contributed by atoms with van der Waals surface area (Å²) in [5, 5.41) is 13.2. The third-order valence-electron chi connectivity index (χ3n) is 7.12. The van der Waals surface area contributed by atoms with Crippen LogP contribution < -0.4 is 15.8 Å². The van der Waals surface area contributed by atoms with Gasteiger partial charge in [0, 0.05) is 76.1 Å². The first-order valence-corrected chi connectivity index (χ1v) is 12.1. The van der Waals surface area contributed by atoms with Crippen LogP contribution in [0, 0.1) is 0 Å². The normalized spacial score (nSPS) is 18.9. The topological polar surface area (TPSA) is 95.6 Å². The first-order chi connectivity index (χ1) is 16.5. The molecule has 180 valence electrons. The summed E-state index contributed by atoms with van der Waals surface area (Å²) in [6.45, 7) is 8.32. The van der Waals surface area contributed by atoms with E-state index in [1.54, 1.807) is 16.7 Å². The third kappa shape index (κ3) is 4.33. The van der Waals surface area contributed by atoms with Crippen molar-refractivity contribution in [3.8, 4) is 0 Å². The Labute approximate surface area is 198 Å². The Balaban J connectivity index is 1.52. The van der Waals surface area contributed by atoms with Gasteiger partial charge in [0.25, 0.3) is 5.56 Å². The molecular formula is C25H32N6O3. The highest BCUT2D eigenvalue weighted by Crippen LogP contribution is 2.36. The van der Waals surface area contributed by atoms with Crippen LogP contribution in [0.1, 0.15) is 24.7 Å². The van der Waals surface area contributed by atoms with Crippen LogP contribution in [-0.2, 0) is 25.9 Å². The zero-order chi connectivity index (χ0) is 23.7. The highest BCUT2D eigenvalue weighted by Gasteiger charge is 2.30. The van der Waals surface area contributed by atoms with Crippen molar-refractivity contribution < 1.29 is 9.90 Å². The number of hydrogen-bond donors (Lipinski definition) is 2. The van der Waals surface area contributed by atoms with E-state index in [-0.39, 0.29) is 11.6 Å². The van der Waals surface area contributed by atoms with Gasteiger partial charge < -0.3 is 19.6 Å². The fraction of sp³-hybridized carbons (Fsp3) is 0.480. The maximum Gasteiger partial charge on any atom is 0.412 e. The number of aromatic nitrogens is 3. The summed E-state index contributed by atoms with van der Waals surface area (Å²) in [5.41, 5.74) is 3.68. The number of fused-ring (bicyclic) bond motifs is 3. The van der Waals surface area contributed by atoms with E-state index in [1.165, 1.54) is 4.90 Å². The fourth-order valence-electron chi connectivity index (χ4n) is 5.25. The molecule has 2 N–H and O–H groups in total. The minimum atomic E-state index is -0.922. The molecule has 1 aromatic carbocycles. The van der Waals surface area contributed by atoms with Gasteiger partial charge in [0.1, 0.15) is 5.82 Å². The van der Waals surface area contributed by atoms with Gasteiger partial charge in [-0.15, -0.1) is 0 Å². The Morgan fingerprint density at radius 2 is 1.97 bits per heavy atom. The molecule has 34 heavy (non-hydrogen) atoms. The van der Waals surface area contributed by atoms with Gasteiger partial charge in [-0.1, -0.05) is 6.07 Å². The highest BCUT2D eigenvalue weighted by atomic mass is 16.4. The van der Waals surface area contributed by atoms with Gasteiger partial charge in [-0.05, 0) is 38.0 Å². The third-order valence-corrected chi connectivity index (χ3v) is 7.12. The summed E-state index contributed by atoms with van der Waals surface area (Å²) in [6.07, 6.45) is 3.11. The van der Waals surface area contributed by atoms with E-state index < -0.39 is 6.09 Å². The average Bonchev–Trinajstić information content (AvgIpc) is 3.20. The molecule has 0 radical (unpaired) electrons. The number of carbonyl (C=O) groups is 1. The van der Waals surface area contributed by atoms with Gasteiger partial charge in [0.2, 0.25) is 0 Å². The van der Waals surface area contributed by atoms with Gasteiger partial charge in [-0.2, -0.15) is 0 Å². The van der Waals surface area contributed by atoms with Crippen LogP contribution in [0.15, 0.2) is 41.3 Å². The van der Waals surface area contributed by atoms with E-state index in [9.17, 15) is 14.7 Å². The molecule has 3 aromatic rings. The van der Waals surface area contributed by atoms with Crippen LogP contribution in [0.5, 0.6) is 0 Å². The van der Waals surface area contributed by atoms with Crippen LogP contribution in [0.4, 0.5) is 10.5 Å². The Hall–Kier alpha value is -3.17. The van der Waals surface area contributed by atoms with Gasteiger partial charge >= 0.3 is 6.09 Å². The monoisotopic (exact) mass is 464 g/mol. The lowest BCUT2D eigenvalue weighted by molar-refractivity contribution is 0.198. The summed E-state index contributed by atoms with van der Waals surface area (Å²) >= 11 is 0. The van der Waals surface area contributed by atoms with Crippen molar-refractivity contribution in [1.29, 1.82) is 0 Å². The minimum absolute atomic E-state index is 0.0190. The first kappa shape index (κ1) is 22.6. The Morgan fingerprint density at radius 1 is 1.15 bits per heavy atom. The number of aryl methyl sites for hydroxylation is 3. The van der Waals surface area contributed by atoms with Crippen LogP contribution in [0.3, 0.4) is 0 Å². The summed E-state index contributed by atoms with van der Waals surface area (Å²) in [6, 6.07) is 9.10. The van der Waals surface area contributed by atoms with E-state index in [0.29, 0.717) is 13.0 Å². The van der Waals surface area contributed by atoms with Crippen molar-refractivity contribution in [2.45, 2.75) is 45.3 Å². The van der Waals surface area contributed by atoms with Gasteiger partial charge in [0.15, 0.2) is 0 Å². The van der Waals surface area contributed by atoms with Crippen LogP contribution in [0.25, 0.3) is 11.0 Å². The maximum absolute atomic E-state index is 12.2. The van der Waals surface area contributed by atoms with Gasteiger partial charge in [0.05, 0.1) is 16.7 Å². The number of anilines is 1. The molecule has 1 atom stereocenters. The summed E-state index contributed by atoms with van der Waals surface area (Å²) in [4.78, 5) is 33.2. The van der Waals surface area contributed by atoms with E-state index in [1.807, 2.05) is 31.3 Å². The predicted octanol–water partition coefficient (Wildman–Crippen LogP) is 2.16. The molecule has 0 spiro atoms. The summed E-state index contributed by atoms with van der Waals surface area (Å²) in [7, 11) is 0. The van der Waals surface area contributed by atoms with E-state index in [2.05, 4.69) is 14.8 Å². The number of imidazole rings is 1. The van der Waals surface area contributed by atoms with Crippen LogP contribution >= 0.6 is 0 Å². The van der Waals surface area contributed by atoms with Gasteiger partial charge in [-0.3, -0.25) is 14.6 Å². The molecule has 2 aliphatic heterocycles. The molecule has 1 fully saturated rings. The van der Waals surface area contributed by atoms with E-state index >= 15 is 0 Å². The second kappa shape index (κ2) is 9.60. The number of nitrogens with zero attached hydrogens (tertiary/aromatic N) is 5. The Morgan fingerprint density at radius 3 is 2.74 bits per heavy atom. The van der Waals surface area contributed by atoms with Crippen LogP contribution in [0.2, 0.25) is 0 Å². The Bertz CT molecular complexity index is 1240. The molecule has 9 nitrogen and oxygen atoms in total. The molecule has 1 saturated heterocycles. The highest BCUT2D eigenvalue weighted by molar-refractivity contribution is 5.94. The second-order valence-electron chi connectivity index (χ2n) is 9.22. The second-order valence-corrected chi connectivity index (χ2v) is 9.22. The quantitative estimate of drug-likeness (QED) is 0.581. The lowest BCUT2D eigenvalue weighted by Gasteiger charge is -2.33. The number of nitrogens with one attached hydrogen (secondary N) is 1. The number of carboxylic acid groups (broad SMARTS) is 1. The molecule has 0 saturated carbocycles. The number of rotatable bonds is 6. The largest absolute Gasteiger partial charge is 0.465 e. The molecule has 0 aliphatic carbocycles.